The molecule has 0 spiro atoms. The van der Waals surface area contributed by atoms with E-state index < -0.39 is 0 Å². The summed E-state index contributed by atoms with van der Waals surface area (Å²) in [6.07, 6.45) is 0. The van der Waals surface area contributed by atoms with E-state index in [0.29, 0.717) is 0 Å². The van der Waals surface area contributed by atoms with Crippen molar-refractivity contribution in [2.75, 3.05) is 4.90 Å². The van der Waals surface area contributed by atoms with Gasteiger partial charge in [-0.3, -0.25) is 0 Å². The van der Waals surface area contributed by atoms with Gasteiger partial charge < -0.3 is 4.90 Å². The van der Waals surface area contributed by atoms with Gasteiger partial charge in [0.2, 0.25) is 0 Å². The molecule has 0 saturated carbocycles. The van der Waals surface area contributed by atoms with E-state index in [9.17, 15) is 0 Å². The summed E-state index contributed by atoms with van der Waals surface area (Å²) in [6, 6.07) is 76.8. The van der Waals surface area contributed by atoms with Crippen LogP contribution in [-0.4, -0.2) is 0 Å². The number of hydrogen-bond donors (Lipinski definition) is 0. The Bertz CT molecular complexity index is 3030. The summed E-state index contributed by atoms with van der Waals surface area (Å²) in [5, 5.41) is 5.14. The van der Waals surface area contributed by atoms with Gasteiger partial charge in [0.1, 0.15) is 0 Å². The van der Waals surface area contributed by atoms with Gasteiger partial charge in [0.05, 0.1) is 16.1 Å². The fraction of sp³-hybridized carbons (Fsp3) is 0. The van der Waals surface area contributed by atoms with Crippen LogP contribution < -0.4 is 4.90 Å². The number of nitrogens with zero attached hydrogens (tertiary/aromatic N) is 1. The average molecular weight is 738 g/mol. The lowest BCUT2D eigenvalue weighted by Crippen LogP contribution is -2.10. The van der Waals surface area contributed by atoms with Gasteiger partial charge in [0.25, 0.3) is 0 Å². The third kappa shape index (κ3) is 6.14. The van der Waals surface area contributed by atoms with Crippen LogP contribution in [-0.2, 0) is 0 Å². The molecule has 0 fully saturated rings. The average Bonchev–Trinajstić information content (AvgIpc) is 3.83. The van der Waals surface area contributed by atoms with Crippen LogP contribution in [0.2, 0.25) is 0 Å². The van der Waals surface area contributed by atoms with Gasteiger partial charge in [-0.2, -0.15) is 0 Å². The Morgan fingerprint density at radius 2 is 0.764 bits per heavy atom. The maximum absolute atomic E-state index is 2.50. The van der Waals surface area contributed by atoms with Gasteiger partial charge in [-0.25, -0.2) is 0 Å². The van der Waals surface area contributed by atoms with Crippen molar-refractivity contribution in [3.05, 3.63) is 212 Å². The lowest BCUT2D eigenvalue weighted by molar-refractivity contribution is 1.32. The number of fused-ring (bicyclic) bond motifs is 6. The van der Waals surface area contributed by atoms with E-state index in [-0.39, 0.29) is 0 Å². The molecular weight excluding hydrogens is 703 g/mol. The molecule has 3 heteroatoms. The Morgan fingerprint density at radius 1 is 0.291 bits per heavy atom. The SMILES string of the molecule is c1ccc(-c2ccccccc(-c3ccc(N(c4cccc5c4sc4ccccc45)c4ccc(-c5ccccc5)c5sc6ccccc6c45)cc3)cc2)cc1. The summed E-state index contributed by atoms with van der Waals surface area (Å²) < 4.78 is 5.17. The minimum atomic E-state index is 1.12. The second-order valence-electron chi connectivity index (χ2n) is 13.6. The van der Waals surface area contributed by atoms with Crippen LogP contribution in [0.4, 0.5) is 17.1 Å². The minimum absolute atomic E-state index is 1.12. The van der Waals surface area contributed by atoms with Crippen molar-refractivity contribution in [2.24, 2.45) is 0 Å². The van der Waals surface area contributed by atoms with Gasteiger partial charge in [0, 0.05) is 41.3 Å². The summed E-state index contributed by atoms with van der Waals surface area (Å²) in [4.78, 5) is 2.50. The maximum Gasteiger partial charge on any atom is 0.0640 e. The van der Waals surface area contributed by atoms with Crippen molar-refractivity contribution >= 4 is 80.1 Å². The van der Waals surface area contributed by atoms with Gasteiger partial charge >= 0.3 is 0 Å². The molecule has 0 aliphatic rings. The molecule has 0 aliphatic carbocycles. The van der Waals surface area contributed by atoms with Gasteiger partial charge in [-0.05, 0) is 69.8 Å². The first-order valence-corrected chi connectivity index (χ1v) is 20.2. The zero-order valence-electron chi connectivity index (χ0n) is 30.0. The Labute approximate surface area is 329 Å². The molecule has 1 nitrogen and oxygen atoms in total. The van der Waals surface area contributed by atoms with Gasteiger partial charge in [0.15, 0.2) is 0 Å². The van der Waals surface area contributed by atoms with Crippen molar-refractivity contribution in [1.29, 1.82) is 0 Å². The Balaban J connectivity index is 1.19. The van der Waals surface area contributed by atoms with Crippen molar-refractivity contribution in [3.8, 4) is 33.4 Å². The number of hydrogen-bond acceptors (Lipinski definition) is 3. The Morgan fingerprint density at radius 3 is 1.44 bits per heavy atom. The highest BCUT2D eigenvalue weighted by Gasteiger charge is 2.23. The molecule has 0 atom stereocenters. The fourth-order valence-electron chi connectivity index (χ4n) is 7.71. The molecule has 0 saturated heterocycles. The second kappa shape index (κ2) is 14.4. The van der Waals surface area contributed by atoms with Crippen LogP contribution in [0, 0.1) is 0 Å². The Hall–Kier alpha value is -6.52. The molecule has 260 valence electrons. The third-order valence-electron chi connectivity index (χ3n) is 10.3. The molecule has 0 radical (unpaired) electrons. The predicted molar refractivity (Wildman–Crippen MR) is 241 cm³/mol. The minimum Gasteiger partial charge on any atom is -0.308 e. The van der Waals surface area contributed by atoms with Gasteiger partial charge in [-0.1, -0.05) is 176 Å². The van der Waals surface area contributed by atoms with Gasteiger partial charge in [-0.15, -0.1) is 22.7 Å². The molecule has 10 rings (SSSR count). The van der Waals surface area contributed by atoms with Crippen molar-refractivity contribution in [3.63, 3.8) is 0 Å². The van der Waals surface area contributed by atoms with Crippen LogP contribution in [0.15, 0.2) is 212 Å². The smallest absolute Gasteiger partial charge is 0.0640 e. The standard InChI is InChI=1S/C52H35NS2/c1-2-6-19-38(29-28-37(18-5-1)36-16-7-3-8-17-36)39-30-32-41(33-31-39)53(47-25-15-24-44-43-22-11-13-26-48(43)54-51(44)47)46-35-34-42(40-20-9-4-10-21-40)52-50(46)45-23-12-14-27-49(45)55-52/h1-35H. The molecular formula is C52H35NS2. The van der Waals surface area contributed by atoms with Crippen molar-refractivity contribution in [2.45, 2.75) is 0 Å². The molecule has 8 aromatic carbocycles. The molecule has 0 amide bonds. The largest absolute Gasteiger partial charge is 0.308 e. The van der Waals surface area contributed by atoms with E-state index >= 15 is 0 Å². The van der Waals surface area contributed by atoms with E-state index in [4.69, 9.17) is 0 Å². The lowest BCUT2D eigenvalue weighted by Gasteiger charge is -2.27. The summed E-state index contributed by atoms with van der Waals surface area (Å²) in [5.74, 6) is 0. The highest BCUT2D eigenvalue weighted by molar-refractivity contribution is 7.27. The summed E-state index contributed by atoms with van der Waals surface area (Å²) in [7, 11) is 0. The molecule has 0 bridgehead atoms. The lowest BCUT2D eigenvalue weighted by atomic mass is 9.99. The number of anilines is 3. The van der Waals surface area contributed by atoms with E-state index in [0.717, 1.165) is 16.8 Å². The topological polar surface area (TPSA) is 3.24 Å². The highest BCUT2D eigenvalue weighted by atomic mass is 32.1. The van der Waals surface area contributed by atoms with Crippen LogP contribution in [0.1, 0.15) is 0 Å². The molecule has 0 unspecified atom stereocenters. The van der Waals surface area contributed by atoms with E-state index in [2.05, 4.69) is 217 Å². The van der Waals surface area contributed by atoms with Crippen LogP contribution in [0.3, 0.4) is 0 Å². The summed E-state index contributed by atoms with van der Waals surface area (Å²) in [6.45, 7) is 0. The maximum atomic E-state index is 2.50. The fourth-order valence-corrected chi connectivity index (χ4v) is 10.2. The van der Waals surface area contributed by atoms with E-state index in [1.807, 2.05) is 22.7 Å². The highest BCUT2D eigenvalue weighted by Crippen LogP contribution is 2.51. The van der Waals surface area contributed by atoms with Crippen LogP contribution in [0.25, 0.3) is 73.7 Å². The van der Waals surface area contributed by atoms with Crippen LogP contribution in [0.5, 0.6) is 0 Å². The number of rotatable bonds is 6. The first-order chi connectivity index (χ1) is 27.3. The van der Waals surface area contributed by atoms with E-state index in [1.54, 1.807) is 0 Å². The Kier molecular flexibility index (Phi) is 8.64. The van der Waals surface area contributed by atoms with Crippen molar-refractivity contribution < 1.29 is 0 Å². The molecule has 2 heterocycles. The molecule has 10 aromatic rings. The quantitative estimate of drug-likeness (QED) is 0.164. The summed E-state index contributed by atoms with van der Waals surface area (Å²) >= 11 is 3.76. The normalized spacial score (nSPS) is 11.3. The monoisotopic (exact) mass is 737 g/mol. The van der Waals surface area contributed by atoms with Crippen LogP contribution >= 0.6 is 22.7 Å². The third-order valence-corrected chi connectivity index (χ3v) is 12.8. The molecule has 2 aromatic heterocycles. The second-order valence-corrected chi connectivity index (χ2v) is 15.8. The number of thiophene rings is 2. The summed E-state index contributed by atoms with van der Waals surface area (Å²) in [5.41, 5.74) is 10.6. The van der Waals surface area contributed by atoms with Crippen molar-refractivity contribution in [1.82, 2.24) is 0 Å². The first-order valence-electron chi connectivity index (χ1n) is 18.6. The molecule has 55 heavy (non-hydrogen) atoms. The zero-order valence-corrected chi connectivity index (χ0v) is 31.6. The first kappa shape index (κ1) is 33.1. The predicted octanol–water partition coefficient (Wildman–Crippen LogP) is 16.0. The van der Waals surface area contributed by atoms with E-state index in [1.165, 1.54) is 74.0 Å². The zero-order chi connectivity index (χ0) is 36.6. The number of benzene rings is 7. The molecule has 0 aliphatic heterocycles. The molecule has 0 N–H and O–H groups in total.